The molecule has 1 N–H and O–H groups in total. The van der Waals surface area contributed by atoms with E-state index in [0.717, 1.165) is 21.3 Å². The highest BCUT2D eigenvalue weighted by atomic mass is 19.1. The Labute approximate surface area is 151 Å². The van der Waals surface area contributed by atoms with Crippen LogP contribution in [0.15, 0.2) is 12.1 Å². The molecule has 0 aromatic heterocycles. The molecule has 27 heavy (non-hydrogen) atoms. The molecule has 2 atom stereocenters. The summed E-state index contributed by atoms with van der Waals surface area (Å²) in [4.78, 5) is 47.6. The molecular weight excluding hydrogens is 375 g/mol. The van der Waals surface area contributed by atoms with Crippen LogP contribution in [-0.4, -0.2) is 51.2 Å². The number of hydrogen-bond acceptors (Lipinski definition) is 7. The van der Waals surface area contributed by atoms with Gasteiger partial charge in [-0.25, -0.2) is 18.0 Å². The van der Waals surface area contributed by atoms with E-state index in [0.29, 0.717) is 0 Å². The molecule has 1 aromatic rings. The summed E-state index contributed by atoms with van der Waals surface area (Å²) in [7, 11) is 2.90. The zero-order valence-electron chi connectivity index (χ0n) is 14.5. The van der Waals surface area contributed by atoms with Gasteiger partial charge in [-0.05, 0) is 0 Å². The predicted octanol–water partition coefficient (Wildman–Crippen LogP) is 0.728. The number of benzene rings is 1. The van der Waals surface area contributed by atoms with Gasteiger partial charge in [0, 0.05) is 12.1 Å². The molecule has 1 rings (SSSR count). The van der Waals surface area contributed by atoms with Crippen LogP contribution in [0.4, 0.5) is 13.2 Å². The Balaban J connectivity index is 3.26. The summed E-state index contributed by atoms with van der Waals surface area (Å²) in [5.74, 6) is -10.6. The monoisotopic (exact) mass is 391 g/mol. The lowest BCUT2D eigenvalue weighted by Gasteiger charge is -2.23. The van der Waals surface area contributed by atoms with Gasteiger partial charge < -0.3 is 19.5 Å². The summed E-state index contributed by atoms with van der Waals surface area (Å²) in [5.41, 5.74) is -1.19. The molecule has 0 bridgehead atoms. The van der Waals surface area contributed by atoms with Crippen LogP contribution >= 0.6 is 0 Å². The lowest BCUT2D eigenvalue weighted by molar-refractivity contribution is -0.158. The van der Waals surface area contributed by atoms with Crippen molar-refractivity contribution in [1.82, 2.24) is 5.32 Å². The highest BCUT2D eigenvalue weighted by Gasteiger charge is 2.39. The van der Waals surface area contributed by atoms with E-state index >= 15 is 0 Å². The third-order valence-corrected chi connectivity index (χ3v) is 3.50. The number of ether oxygens (including phenoxy) is 3. The van der Waals surface area contributed by atoms with Crippen LogP contribution in [0, 0.1) is 23.4 Å². The van der Waals surface area contributed by atoms with Gasteiger partial charge in [0.1, 0.15) is 29.1 Å². The van der Waals surface area contributed by atoms with Gasteiger partial charge in [-0.15, -0.1) is 0 Å². The maximum Gasteiger partial charge on any atom is 0.329 e. The van der Waals surface area contributed by atoms with Crippen molar-refractivity contribution in [3.05, 3.63) is 35.1 Å². The maximum absolute atomic E-state index is 13.8. The van der Waals surface area contributed by atoms with Crippen molar-refractivity contribution in [2.24, 2.45) is 5.92 Å². The van der Waals surface area contributed by atoms with E-state index in [1.807, 2.05) is 5.32 Å². The van der Waals surface area contributed by atoms with Crippen LogP contribution in [0.1, 0.15) is 16.8 Å². The van der Waals surface area contributed by atoms with Gasteiger partial charge in [0.15, 0.2) is 0 Å². The van der Waals surface area contributed by atoms with Gasteiger partial charge in [0.05, 0.1) is 33.7 Å². The third-order valence-electron chi connectivity index (χ3n) is 3.50. The summed E-state index contributed by atoms with van der Waals surface area (Å²) in [6.45, 7) is 0. The Morgan fingerprint density at radius 2 is 1.44 bits per heavy atom. The minimum absolute atomic E-state index is 0.261. The van der Waals surface area contributed by atoms with E-state index in [1.54, 1.807) is 0 Å². The van der Waals surface area contributed by atoms with Crippen LogP contribution in [-0.2, 0) is 28.6 Å². The summed E-state index contributed by atoms with van der Waals surface area (Å²) in [5, 5.41) is 1.91. The van der Waals surface area contributed by atoms with E-state index in [1.165, 1.54) is 0 Å². The number of methoxy groups -OCH3 is 3. The molecule has 0 saturated carbocycles. The van der Waals surface area contributed by atoms with Gasteiger partial charge in [0.25, 0.3) is 5.91 Å². The van der Waals surface area contributed by atoms with Crippen LogP contribution in [0.2, 0.25) is 0 Å². The minimum Gasteiger partial charge on any atom is -0.469 e. The smallest absolute Gasteiger partial charge is 0.329 e. The fraction of sp³-hybridized carbons (Fsp3) is 0.375. The first-order chi connectivity index (χ1) is 12.7. The Morgan fingerprint density at radius 1 is 0.926 bits per heavy atom. The van der Waals surface area contributed by atoms with E-state index < -0.39 is 65.2 Å². The predicted molar refractivity (Wildman–Crippen MR) is 81.7 cm³/mol. The second-order valence-corrected chi connectivity index (χ2v) is 5.13. The maximum atomic E-state index is 13.8. The molecule has 0 aliphatic heterocycles. The average molecular weight is 391 g/mol. The zero-order valence-corrected chi connectivity index (χ0v) is 14.5. The second kappa shape index (κ2) is 9.55. The molecule has 0 aliphatic carbocycles. The highest BCUT2D eigenvalue weighted by Crippen LogP contribution is 2.18. The molecule has 11 heteroatoms. The van der Waals surface area contributed by atoms with Gasteiger partial charge >= 0.3 is 17.9 Å². The molecular formula is C16H16F3NO7. The SMILES string of the molecule is COC(=O)C[C@@H](C(=O)OC)[C@@H](NC(=O)c1c(F)cc(F)cc1F)C(=O)OC. The summed E-state index contributed by atoms with van der Waals surface area (Å²) in [6, 6.07) is -1.31. The molecule has 0 saturated heterocycles. The van der Waals surface area contributed by atoms with Gasteiger partial charge in [0.2, 0.25) is 0 Å². The molecule has 1 amide bonds. The number of esters is 3. The number of rotatable bonds is 7. The van der Waals surface area contributed by atoms with E-state index in [2.05, 4.69) is 14.2 Å². The molecule has 8 nitrogen and oxygen atoms in total. The van der Waals surface area contributed by atoms with Crippen LogP contribution in [0.5, 0.6) is 0 Å². The lowest BCUT2D eigenvalue weighted by atomic mass is 9.95. The first kappa shape index (κ1) is 21.9. The van der Waals surface area contributed by atoms with E-state index in [4.69, 9.17) is 0 Å². The highest BCUT2D eigenvalue weighted by molar-refractivity contribution is 5.98. The molecule has 1 aromatic carbocycles. The van der Waals surface area contributed by atoms with Gasteiger partial charge in [-0.3, -0.25) is 14.4 Å². The van der Waals surface area contributed by atoms with Crippen molar-refractivity contribution in [3.63, 3.8) is 0 Å². The summed E-state index contributed by atoms with van der Waals surface area (Å²) < 4.78 is 53.9. The number of hydrogen-bond donors (Lipinski definition) is 1. The first-order valence-corrected chi connectivity index (χ1v) is 7.34. The zero-order chi connectivity index (χ0) is 20.7. The topological polar surface area (TPSA) is 108 Å². The van der Waals surface area contributed by atoms with E-state index in [9.17, 15) is 32.3 Å². The Bertz CT molecular complexity index is 731. The van der Waals surface area contributed by atoms with E-state index in [-0.39, 0.29) is 12.1 Å². The lowest BCUT2D eigenvalue weighted by Crippen LogP contribution is -2.50. The first-order valence-electron chi connectivity index (χ1n) is 7.34. The van der Waals surface area contributed by atoms with Gasteiger partial charge in [-0.1, -0.05) is 0 Å². The fourth-order valence-corrected chi connectivity index (χ4v) is 2.17. The van der Waals surface area contributed by atoms with Crippen molar-refractivity contribution in [2.45, 2.75) is 12.5 Å². The Kier molecular flexibility index (Phi) is 7.76. The van der Waals surface area contributed by atoms with Crippen molar-refractivity contribution in [2.75, 3.05) is 21.3 Å². The Morgan fingerprint density at radius 3 is 1.89 bits per heavy atom. The minimum atomic E-state index is -1.84. The standard InChI is InChI=1S/C16H16F3NO7/c1-25-11(21)6-8(15(23)26-2)13(16(24)27-3)20-14(22)12-9(18)4-7(17)5-10(12)19/h4-5,8,13H,6H2,1-3H3,(H,20,22)/t8-,13-/m1/s1. The second-order valence-electron chi connectivity index (χ2n) is 5.13. The number of carbonyl (C=O) groups excluding carboxylic acids is 4. The Hall–Kier alpha value is -3.11. The number of halogens is 3. The molecule has 148 valence electrons. The third kappa shape index (κ3) is 5.43. The number of carbonyl (C=O) groups is 4. The fourth-order valence-electron chi connectivity index (χ4n) is 2.17. The van der Waals surface area contributed by atoms with Crippen molar-refractivity contribution >= 4 is 23.8 Å². The molecule has 0 radical (unpaired) electrons. The summed E-state index contributed by atoms with van der Waals surface area (Å²) >= 11 is 0. The molecule has 0 aliphatic rings. The van der Waals surface area contributed by atoms with Crippen molar-refractivity contribution in [1.29, 1.82) is 0 Å². The number of amides is 1. The van der Waals surface area contributed by atoms with Crippen LogP contribution in [0.3, 0.4) is 0 Å². The quantitative estimate of drug-likeness (QED) is 0.539. The van der Waals surface area contributed by atoms with Crippen LogP contribution in [0.25, 0.3) is 0 Å². The molecule has 0 unspecified atom stereocenters. The number of nitrogens with one attached hydrogen (secondary N) is 1. The van der Waals surface area contributed by atoms with Gasteiger partial charge in [-0.2, -0.15) is 0 Å². The molecule has 0 heterocycles. The largest absolute Gasteiger partial charge is 0.469 e. The van der Waals surface area contributed by atoms with Crippen molar-refractivity contribution in [3.8, 4) is 0 Å². The summed E-state index contributed by atoms with van der Waals surface area (Å²) in [6.07, 6.45) is -0.697. The average Bonchev–Trinajstić information content (AvgIpc) is 2.61. The molecule has 0 spiro atoms. The van der Waals surface area contributed by atoms with Crippen molar-refractivity contribution < 1.29 is 46.6 Å². The normalized spacial score (nSPS) is 12.5. The molecule has 0 fully saturated rings. The van der Waals surface area contributed by atoms with Crippen LogP contribution < -0.4 is 5.32 Å².